The van der Waals surface area contributed by atoms with Gasteiger partial charge < -0.3 is 14.2 Å². The summed E-state index contributed by atoms with van der Waals surface area (Å²) < 4.78 is 16.7. The van der Waals surface area contributed by atoms with E-state index in [1.54, 1.807) is 19.1 Å². The Morgan fingerprint density at radius 1 is 1.24 bits per heavy atom. The molecular formula is C18H23NO4S2. The molecule has 0 saturated carbocycles. The van der Waals surface area contributed by atoms with Crippen molar-refractivity contribution in [3.8, 4) is 11.5 Å². The number of thioether (sulfide) groups is 1. The Hall–Kier alpha value is -1.57. The van der Waals surface area contributed by atoms with Gasteiger partial charge in [0.2, 0.25) is 0 Å². The maximum Gasteiger partial charge on any atom is 0.266 e. The standard InChI is InChI=1S/C18H23NO4S2/c1-4-9-23-15-11-13(6-7-14(15)22-3)12-16-17(20)19(18(24)25-16)8-5-10-21-2/h6-7,11-12H,4-5,8-10H2,1-3H3/b16-12+. The van der Waals surface area contributed by atoms with Crippen LogP contribution in [-0.2, 0) is 9.53 Å². The molecule has 1 amide bonds. The average Bonchev–Trinajstić information content (AvgIpc) is 2.87. The molecule has 0 N–H and O–H groups in total. The minimum absolute atomic E-state index is 0.0575. The maximum absolute atomic E-state index is 12.5. The maximum atomic E-state index is 12.5. The van der Waals surface area contributed by atoms with Crippen molar-refractivity contribution in [2.75, 3.05) is 34.0 Å². The molecule has 0 radical (unpaired) electrons. The number of thiocarbonyl (C=S) groups is 1. The van der Waals surface area contributed by atoms with Crippen molar-refractivity contribution in [1.82, 2.24) is 4.90 Å². The van der Waals surface area contributed by atoms with E-state index in [9.17, 15) is 4.79 Å². The summed E-state index contributed by atoms with van der Waals surface area (Å²) in [6.45, 7) is 3.84. The average molecular weight is 382 g/mol. The molecule has 1 saturated heterocycles. The van der Waals surface area contributed by atoms with E-state index < -0.39 is 0 Å². The third-order valence-corrected chi connectivity index (χ3v) is 4.93. The lowest BCUT2D eigenvalue weighted by Crippen LogP contribution is -2.29. The lowest BCUT2D eigenvalue weighted by Gasteiger charge is -2.13. The van der Waals surface area contributed by atoms with Crippen LogP contribution in [0.5, 0.6) is 11.5 Å². The van der Waals surface area contributed by atoms with E-state index in [4.69, 9.17) is 26.4 Å². The van der Waals surface area contributed by atoms with Gasteiger partial charge in [0.1, 0.15) is 4.32 Å². The Morgan fingerprint density at radius 2 is 2.04 bits per heavy atom. The first-order valence-electron chi connectivity index (χ1n) is 8.15. The molecule has 5 nitrogen and oxygen atoms in total. The van der Waals surface area contributed by atoms with E-state index in [1.807, 2.05) is 31.2 Å². The van der Waals surface area contributed by atoms with Crippen LogP contribution in [0.4, 0.5) is 0 Å². The molecule has 1 aliphatic heterocycles. The Kier molecular flexibility index (Phi) is 7.74. The lowest BCUT2D eigenvalue weighted by molar-refractivity contribution is -0.122. The summed E-state index contributed by atoms with van der Waals surface area (Å²) in [5.41, 5.74) is 0.879. The Balaban J connectivity index is 2.16. The molecule has 1 heterocycles. The smallest absolute Gasteiger partial charge is 0.266 e. The van der Waals surface area contributed by atoms with Crippen LogP contribution in [-0.4, -0.2) is 49.1 Å². The predicted octanol–water partition coefficient (Wildman–Crippen LogP) is 3.72. The normalized spacial score (nSPS) is 16.0. The van der Waals surface area contributed by atoms with Crippen molar-refractivity contribution < 1.29 is 19.0 Å². The SMILES string of the molecule is CCCOc1cc(/C=C2/SC(=S)N(CCCOC)C2=O)ccc1OC. The molecule has 2 rings (SSSR count). The molecule has 136 valence electrons. The van der Waals surface area contributed by atoms with E-state index in [0.717, 1.165) is 18.4 Å². The highest BCUT2D eigenvalue weighted by Crippen LogP contribution is 2.34. The number of methoxy groups -OCH3 is 2. The fraction of sp³-hybridized carbons (Fsp3) is 0.444. The Bertz CT molecular complexity index is 660. The number of benzene rings is 1. The van der Waals surface area contributed by atoms with Crippen LogP contribution in [0.2, 0.25) is 0 Å². The van der Waals surface area contributed by atoms with Crippen LogP contribution in [0, 0.1) is 0 Å². The quantitative estimate of drug-likeness (QED) is 0.369. The molecule has 0 atom stereocenters. The second kappa shape index (κ2) is 9.79. The number of nitrogens with zero attached hydrogens (tertiary/aromatic N) is 1. The minimum Gasteiger partial charge on any atom is -0.493 e. The predicted molar refractivity (Wildman–Crippen MR) is 105 cm³/mol. The molecule has 0 bridgehead atoms. The molecule has 0 unspecified atom stereocenters. The summed E-state index contributed by atoms with van der Waals surface area (Å²) in [5, 5.41) is 0. The van der Waals surface area contributed by atoms with Gasteiger partial charge in [0.25, 0.3) is 5.91 Å². The van der Waals surface area contributed by atoms with Crippen molar-refractivity contribution >= 4 is 40.3 Å². The highest BCUT2D eigenvalue weighted by molar-refractivity contribution is 8.26. The van der Waals surface area contributed by atoms with E-state index in [1.165, 1.54) is 11.8 Å². The Labute approximate surface area is 158 Å². The largest absolute Gasteiger partial charge is 0.493 e. The van der Waals surface area contributed by atoms with Crippen LogP contribution in [0.15, 0.2) is 23.1 Å². The summed E-state index contributed by atoms with van der Waals surface area (Å²) in [5.74, 6) is 1.30. The first kappa shape index (κ1) is 19.8. The molecule has 1 fully saturated rings. The number of hydrogen-bond acceptors (Lipinski definition) is 6. The van der Waals surface area contributed by atoms with Gasteiger partial charge in [-0.05, 0) is 36.6 Å². The number of rotatable bonds is 9. The highest BCUT2D eigenvalue weighted by atomic mass is 32.2. The third-order valence-electron chi connectivity index (χ3n) is 3.55. The van der Waals surface area contributed by atoms with Crippen LogP contribution in [0.3, 0.4) is 0 Å². The first-order chi connectivity index (χ1) is 12.1. The first-order valence-corrected chi connectivity index (χ1v) is 9.38. The lowest BCUT2D eigenvalue weighted by atomic mass is 10.2. The molecule has 0 aromatic heterocycles. The topological polar surface area (TPSA) is 48.0 Å². The number of carbonyl (C=O) groups is 1. The van der Waals surface area contributed by atoms with Gasteiger partial charge in [-0.1, -0.05) is 37.0 Å². The van der Waals surface area contributed by atoms with Gasteiger partial charge >= 0.3 is 0 Å². The van der Waals surface area contributed by atoms with Crippen molar-refractivity contribution in [3.63, 3.8) is 0 Å². The third kappa shape index (κ3) is 5.20. The van der Waals surface area contributed by atoms with E-state index >= 15 is 0 Å². The number of hydrogen-bond donors (Lipinski definition) is 0. The van der Waals surface area contributed by atoms with E-state index in [2.05, 4.69) is 0 Å². The van der Waals surface area contributed by atoms with Crippen LogP contribution in [0.25, 0.3) is 6.08 Å². The van der Waals surface area contributed by atoms with Crippen LogP contribution < -0.4 is 9.47 Å². The fourth-order valence-corrected chi connectivity index (χ4v) is 3.63. The van der Waals surface area contributed by atoms with Gasteiger partial charge in [-0.2, -0.15) is 0 Å². The second-order valence-electron chi connectivity index (χ2n) is 5.44. The molecule has 0 aliphatic carbocycles. The summed E-state index contributed by atoms with van der Waals surface area (Å²) in [4.78, 5) is 14.8. The Morgan fingerprint density at radius 3 is 2.72 bits per heavy atom. The van der Waals surface area contributed by atoms with Gasteiger partial charge in [0.15, 0.2) is 11.5 Å². The van der Waals surface area contributed by atoms with Crippen molar-refractivity contribution in [2.45, 2.75) is 19.8 Å². The monoisotopic (exact) mass is 381 g/mol. The zero-order valence-corrected chi connectivity index (χ0v) is 16.4. The fourth-order valence-electron chi connectivity index (χ4n) is 2.32. The van der Waals surface area contributed by atoms with Gasteiger partial charge in [0.05, 0.1) is 18.6 Å². The van der Waals surface area contributed by atoms with Gasteiger partial charge in [0, 0.05) is 20.3 Å². The summed E-state index contributed by atoms with van der Waals surface area (Å²) >= 11 is 6.65. The second-order valence-corrected chi connectivity index (χ2v) is 7.11. The van der Waals surface area contributed by atoms with E-state index in [0.29, 0.717) is 40.5 Å². The van der Waals surface area contributed by atoms with Crippen LogP contribution >= 0.6 is 24.0 Å². The van der Waals surface area contributed by atoms with Gasteiger partial charge in [-0.25, -0.2) is 0 Å². The van der Waals surface area contributed by atoms with Crippen LogP contribution in [0.1, 0.15) is 25.3 Å². The number of ether oxygens (including phenoxy) is 3. The highest BCUT2D eigenvalue weighted by Gasteiger charge is 2.31. The zero-order chi connectivity index (χ0) is 18.2. The van der Waals surface area contributed by atoms with Gasteiger partial charge in [-0.15, -0.1) is 0 Å². The molecule has 1 aromatic rings. The molecule has 1 aromatic carbocycles. The van der Waals surface area contributed by atoms with Crippen molar-refractivity contribution in [1.29, 1.82) is 0 Å². The number of carbonyl (C=O) groups excluding carboxylic acids is 1. The molecule has 0 spiro atoms. The summed E-state index contributed by atoms with van der Waals surface area (Å²) in [7, 11) is 3.25. The van der Waals surface area contributed by atoms with Gasteiger partial charge in [-0.3, -0.25) is 9.69 Å². The van der Waals surface area contributed by atoms with Crippen molar-refractivity contribution in [3.05, 3.63) is 28.7 Å². The molecule has 25 heavy (non-hydrogen) atoms. The number of amides is 1. The molecule has 1 aliphatic rings. The van der Waals surface area contributed by atoms with Crippen molar-refractivity contribution in [2.24, 2.45) is 0 Å². The minimum atomic E-state index is -0.0575. The summed E-state index contributed by atoms with van der Waals surface area (Å²) in [6.07, 6.45) is 3.51. The summed E-state index contributed by atoms with van der Waals surface area (Å²) in [6, 6.07) is 5.62. The zero-order valence-electron chi connectivity index (χ0n) is 14.7. The van der Waals surface area contributed by atoms with E-state index in [-0.39, 0.29) is 5.91 Å². The molecular weight excluding hydrogens is 358 g/mol. The molecule has 7 heteroatoms.